The van der Waals surface area contributed by atoms with E-state index in [1.54, 1.807) is 4.68 Å². The maximum atomic E-state index is 11.8. The Hall–Kier alpha value is -1.07. The molecule has 0 saturated carbocycles. The van der Waals surface area contributed by atoms with Crippen LogP contribution in [0.25, 0.3) is 0 Å². The molecule has 1 amide bonds. The van der Waals surface area contributed by atoms with Crippen LogP contribution in [-0.2, 0) is 18.4 Å². The van der Waals surface area contributed by atoms with Crippen molar-refractivity contribution in [2.24, 2.45) is 13.0 Å². The van der Waals surface area contributed by atoms with Gasteiger partial charge < -0.3 is 10.6 Å². The summed E-state index contributed by atoms with van der Waals surface area (Å²) in [5.41, 5.74) is 1.69. The van der Waals surface area contributed by atoms with Crippen LogP contribution in [-0.4, -0.2) is 28.3 Å². The van der Waals surface area contributed by atoms with E-state index in [9.17, 15) is 4.79 Å². The van der Waals surface area contributed by atoms with Crippen LogP contribution in [0.2, 0.25) is 5.02 Å². The average molecular weight is 287 g/mol. The van der Waals surface area contributed by atoms with Crippen LogP contribution in [0.5, 0.6) is 0 Å². The first-order valence-corrected chi connectivity index (χ1v) is 6.89. The van der Waals surface area contributed by atoms with Crippen molar-refractivity contribution in [1.29, 1.82) is 0 Å². The molecule has 0 aliphatic rings. The lowest BCUT2D eigenvalue weighted by Gasteiger charge is -2.15. The summed E-state index contributed by atoms with van der Waals surface area (Å²) >= 11 is 6.16. The van der Waals surface area contributed by atoms with Crippen molar-refractivity contribution in [3.05, 3.63) is 16.4 Å². The van der Waals surface area contributed by atoms with Gasteiger partial charge in [-0.2, -0.15) is 5.10 Å². The number of nitrogens with zero attached hydrogens (tertiary/aromatic N) is 2. The first-order chi connectivity index (χ1) is 8.82. The number of aryl methyl sites for hydroxylation is 2. The number of hydrogen-bond donors (Lipinski definition) is 2. The van der Waals surface area contributed by atoms with Crippen molar-refractivity contribution in [2.75, 3.05) is 6.54 Å². The fourth-order valence-corrected chi connectivity index (χ4v) is 1.90. The minimum atomic E-state index is -0.259. The highest BCUT2D eigenvalue weighted by Gasteiger charge is 2.15. The van der Waals surface area contributed by atoms with Gasteiger partial charge in [-0.3, -0.25) is 9.48 Å². The lowest BCUT2D eigenvalue weighted by Crippen LogP contribution is -2.43. The summed E-state index contributed by atoms with van der Waals surface area (Å²) in [6.45, 7) is 9.05. The monoisotopic (exact) mass is 286 g/mol. The summed E-state index contributed by atoms with van der Waals surface area (Å²) in [7, 11) is 1.85. The minimum absolute atomic E-state index is 0.00344. The van der Waals surface area contributed by atoms with Crippen LogP contribution in [0.3, 0.4) is 0 Å². The van der Waals surface area contributed by atoms with Gasteiger partial charge in [0, 0.05) is 20.1 Å². The van der Waals surface area contributed by atoms with Gasteiger partial charge in [0.15, 0.2) is 0 Å². The van der Waals surface area contributed by atoms with Crippen molar-refractivity contribution in [3.8, 4) is 0 Å². The molecule has 1 unspecified atom stereocenters. The molecule has 1 heterocycles. The summed E-state index contributed by atoms with van der Waals surface area (Å²) in [6, 6.07) is -0.259. The molecule has 1 aromatic rings. The predicted molar refractivity (Wildman–Crippen MR) is 77.1 cm³/mol. The zero-order valence-electron chi connectivity index (χ0n) is 12.2. The van der Waals surface area contributed by atoms with E-state index in [1.807, 2.05) is 20.9 Å². The van der Waals surface area contributed by atoms with Crippen LogP contribution < -0.4 is 10.6 Å². The van der Waals surface area contributed by atoms with Crippen molar-refractivity contribution in [2.45, 2.75) is 40.3 Å². The predicted octanol–water partition coefficient (Wildman–Crippen LogP) is 1.63. The SMILES string of the molecule is Cc1nn(C)c(CNC(C)C(=O)NCC(C)C)c1Cl. The molecule has 0 aliphatic carbocycles. The molecular formula is C13H23ClN4O. The number of nitrogens with one attached hydrogen (secondary N) is 2. The van der Waals surface area contributed by atoms with Gasteiger partial charge in [0.25, 0.3) is 0 Å². The standard InChI is InChI=1S/C13H23ClN4O/c1-8(2)6-16-13(19)10(4)15-7-11-12(14)9(3)17-18(11)5/h8,10,15H,6-7H2,1-5H3,(H,16,19). The van der Waals surface area contributed by atoms with Crippen molar-refractivity contribution >= 4 is 17.5 Å². The molecule has 5 nitrogen and oxygen atoms in total. The number of halogens is 1. The van der Waals surface area contributed by atoms with E-state index < -0.39 is 0 Å². The van der Waals surface area contributed by atoms with E-state index in [4.69, 9.17) is 11.6 Å². The largest absolute Gasteiger partial charge is 0.354 e. The lowest BCUT2D eigenvalue weighted by atomic mass is 10.2. The topological polar surface area (TPSA) is 59.0 Å². The van der Waals surface area contributed by atoms with Gasteiger partial charge in [0.05, 0.1) is 22.5 Å². The first-order valence-electron chi connectivity index (χ1n) is 6.52. The summed E-state index contributed by atoms with van der Waals surface area (Å²) < 4.78 is 1.74. The smallest absolute Gasteiger partial charge is 0.236 e. The van der Waals surface area contributed by atoms with E-state index in [-0.39, 0.29) is 11.9 Å². The normalized spacial score (nSPS) is 12.8. The summed E-state index contributed by atoms with van der Waals surface area (Å²) in [5, 5.41) is 11.0. The highest BCUT2D eigenvalue weighted by Crippen LogP contribution is 2.18. The van der Waals surface area contributed by atoms with E-state index in [0.29, 0.717) is 24.0 Å². The van der Waals surface area contributed by atoms with Crippen LogP contribution in [0.4, 0.5) is 0 Å². The Morgan fingerprint density at radius 2 is 2.05 bits per heavy atom. The lowest BCUT2D eigenvalue weighted by molar-refractivity contribution is -0.122. The van der Waals surface area contributed by atoms with Gasteiger partial charge in [-0.1, -0.05) is 25.4 Å². The van der Waals surface area contributed by atoms with Crippen molar-refractivity contribution in [1.82, 2.24) is 20.4 Å². The Labute approximate surface area is 119 Å². The van der Waals surface area contributed by atoms with Crippen LogP contribution in [0.1, 0.15) is 32.2 Å². The summed E-state index contributed by atoms with van der Waals surface area (Å²) in [6.07, 6.45) is 0. The quantitative estimate of drug-likeness (QED) is 0.836. The highest BCUT2D eigenvalue weighted by molar-refractivity contribution is 6.31. The molecule has 1 atom stereocenters. The third-order valence-corrected chi connectivity index (χ3v) is 3.41. The molecule has 0 bridgehead atoms. The second-order valence-corrected chi connectivity index (χ2v) is 5.59. The molecule has 0 spiro atoms. The zero-order chi connectivity index (χ0) is 14.6. The van der Waals surface area contributed by atoms with E-state index in [1.165, 1.54) is 0 Å². The third-order valence-electron chi connectivity index (χ3n) is 2.92. The van der Waals surface area contributed by atoms with E-state index >= 15 is 0 Å². The van der Waals surface area contributed by atoms with Gasteiger partial charge in [-0.25, -0.2) is 0 Å². The van der Waals surface area contributed by atoms with Crippen LogP contribution in [0.15, 0.2) is 0 Å². The van der Waals surface area contributed by atoms with Gasteiger partial charge in [0.1, 0.15) is 0 Å². The number of carbonyl (C=O) groups is 1. The third kappa shape index (κ3) is 4.51. The van der Waals surface area contributed by atoms with E-state index in [2.05, 4.69) is 29.6 Å². The Balaban J connectivity index is 2.49. The van der Waals surface area contributed by atoms with Crippen LogP contribution in [0, 0.1) is 12.8 Å². The second kappa shape index (κ2) is 6.91. The molecule has 1 aromatic heterocycles. The van der Waals surface area contributed by atoms with Crippen LogP contribution >= 0.6 is 11.6 Å². The van der Waals surface area contributed by atoms with Crippen molar-refractivity contribution < 1.29 is 4.79 Å². The Morgan fingerprint density at radius 3 is 2.53 bits per heavy atom. The van der Waals surface area contributed by atoms with Gasteiger partial charge in [-0.05, 0) is 19.8 Å². The second-order valence-electron chi connectivity index (χ2n) is 5.21. The first kappa shape index (κ1) is 16.0. The molecule has 6 heteroatoms. The molecule has 19 heavy (non-hydrogen) atoms. The molecule has 0 radical (unpaired) electrons. The Morgan fingerprint density at radius 1 is 1.42 bits per heavy atom. The number of amides is 1. The van der Waals surface area contributed by atoms with Crippen molar-refractivity contribution in [3.63, 3.8) is 0 Å². The average Bonchev–Trinajstić information content (AvgIpc) is 2.58. The minimum Gasteiger partial charge on any atom is -0.354 e. The molecule has 0 aliphatic heterocycles. The Bertz CT molecular complexity index is 442. The molecule has 108 valence electrons. The van der Waals surface area contributed by atoms with Gasteiger partial charge in [0.2, 0.25) is 5.91 Å². The molecule has 0 saturated heterocycles. The number of rotatable bonds is 6. The van der Waals surface area contributed by atoms with Gasteiger partial charge >= 0.3 is 0 Å². The summed E-state index contributed by atoms with van der Waals surface area (Å²) in [5.74, 6) is 0.453. The summed E-state index contributed by atoms with van der Waals surface area (Å²) in [4.78, 5) is 11.8. The number of carbonyl (C=O) groups excluding carboxylic acids is 1. The molecule has 2 N–H and O–H groups in total. The number of hydrogen-bond acceptors (Lipinski definition) is 3. The maximum Gasteiger partial charge on any atom is 0.236 e. The molecule has 0 aromatic carbocycles. The van der Waals surface area contributed by atoms with Gasteiger partial charge in [-0.15, -0.1) is 0 Å². The molecule has 0 fully saturated rings. The molecule has 1 rings (SSSR count). The molecular weight excluding hydrogens is 264 g/mol. The fraction of sp³-hybridized carbons (Fsp3) is 0.692. The highest BCUT2D eigenvalue weighted by atomic mass is 35.5. The number of aromatic nitrogens is 2. The fourth-order valence-electron chi connectivity index (χ4n) is 1.67. The maximum absolute atomic E-state index is 11.8. The Kier molecular flexibility index (Phi) is 5.82. The zero-order valence-corrected chi connectivity index (χ0v) is 13.0. The van der Waals surface area contributed by atoms with E-state index in [0.717, 1.165) is 11.4 Å².